The van der Waals surface area contributed by atoms with Gasteiger partial charge in [0.05, 0.1) is 18.1 Å². The van der Waals surface area contributed by atoms with E-state index in [-0.39, 0.29) is 24.9 Å². The second-order valence-corrected chi connectivity index (χ2v) is 6.15. The Hall–Kier alpha value is -4.01. The summed E-state index contributed by atoms with van der Waals surface area (Å²) in [5.41, 5.74) is 1.08. The molecule has 0 atom stereocenters. The van der Waals surface area contributed by atoms with Crippen LogP contribution >= 0.6 is 0 Å². The van der Waals surface area contributed by atoms with Crippen molar-refractivity contribution in [1.29, 1.82) is 0 Å². The van der Waals surface area contributed by atoms with Crippen molar-refractivity contribution in [3.8, 4) is 23.0 Å². The van der Waals surface area contributed by atoms with E-state index in [1.165, 1.54) is 18.2 Å². The predicted octanol–water partition coefficient (Wildman–Crippen LogP) is 0.276. The number of Topliss-reactive ketones (excluding diaryl/α,β-unsaturated/α-hetero) is 1. The summed E-state index contributed by atoms with van der Waals surface area (Å²) < 4.78 is 21.5. The highest BCUT2D eigenvalue weighted by atomic mass is 16.7. The maximum absolute atomic E-state index is 12.5. The zero-order chi connectivity index (χ0) is 20.4. The van der Waals surface area contributed by atoms with E-state index >= 15 is 0 Å². The number of allylic oxidation sites excluding steroid dienone is 1. The van der Waals surface area contributed by atoms with Gasteiger partial charge in [-0.05, 0) is 35.9 Å². The van der Waals surface area contributed by atoms with Gasteiger partial charge in [0.1, 0.15) is 11.5 Å². The number of ketones is 1. The summed E-state index contributed by atoms with van der Waals surface area (Å²) in [6.45, 7) is -0.831. The first-order chi connectivity index (χ1) is 14.0. The number of amides is 1. The minimum atomic E-state index is -1.40. The van der Waals surface area contributed by atoms with Crippen molar-refractivity contribution in [3.05, 3.63) is 53.3 Å². The minimum Gasteiger partial charge on any atom is -0.548 e. The molecule has 4 rings (SSSR count). The number of nitrogens with one attached hydrogen (secondary N) is 1. The SMILES string of the molecule is O=C([O-])CNC(=O)COc1ccc2c(c1)O/C(=C\c1ccc3c(c1)OCO3)C2=O. The Morgan fingerprint density at radius 2 is 1.93 bits per heavy atom. The molecule has 0 aliphatic carbocycles. The number of aliphatic carboxylic acids is 1. The minimum absolute atomic E-state index is 0.141. The lowest BCUT2D eigenvalue weighted by Crippen LogP contribution is -2.39. The maximum atomic E-state index is 12.5. The lowest BCUT2D eigenvalue weighted by Gasteiger charge is -2.08. The van der Waals surface area contributed by atoms with E-state index in [2.05, 4.69) is 5.32 Å². The van der Waals surface area contributed by atoms with E-state index in [1.54, 1.807) is 24.3 Å². The highest BCUT2D eigenvalue weighted by Crippen LogP contribution is 2.36. The molecular weight excluding hydrogens is 382 g/mol. The Morgan fingerprint density at radius 3 is 2.76 bits per heavy atom. The van der Waals surface area contributed by atoms with Gasteiger partial charge in [-0.2, -0.15) is 0 Å². The molecule has 2 aromatic rings. The Morgan fingerprint density at radius 1 is 1.10 bits per heavy atom. The number of carboxylic acids is 1. The van der Waals surface area contributed by atoms with Crippen molar-refractivity contribution in [2.75, 3.05) is 19.9 Å². The maximum Gasteiger partial charge on any atom is 0.258 e. The second-order valence-electron chi connectivity index (χ2n) is 6.15. The van der Waals surface area contributed by atoms with E-state index in [9.17, 15) is 19.5 Å². The molecule has 2 heterocycles. The largest absolute Gasteiger partial charge is 0.548 e. The third kappa shape index (κ3) is 3.98. The van der Waals surface area contributed by atoms with Crippen LogP contribution in [-0.2, 0) is 9.59 Å². The molecule has 1 N–H and O–H groups in total. The summed E-state index contributed by atoms with van der Waals surface area (Å²) in [5, 5.41) is 12.4. The normalized spacial score (nSPS) is 15.0. The van der Waals surface area contributed by atoms with Gasteiger partial charge < -0.3 is 34.2 Å². The molecule has 0 unspecified atom stereocenters. The molecule has 29 heavy (non-hydrogen) atoms. The highest BCUT2D eigenvalue weighted by molar-refractivity contribution is 6.14. The van der Waals surface area contributed by atoms with E-state index < -0.39 is 18.4 Å². The zero-order valence-electron chi connectivity index (χ0n) is 14.9. The summed E-state index contributed by atoms with van der Waals surface area (Å²) in [5.74, 6) is -0.327. The van der Waals surface area contributed by atoms with Crippen molar-refractivity contribution in [2.24, 2.45) is 0 Å². The zero-order valence-corrected chi connectivity index (χ0v) is 14.9. The summed E-state index contributed by atoms with van der Waals surface area (Å²) >= 11 is 0. The van der Waals surface area contributed by atoms with Gasteiger partial charge in [0, 0.05) is 6.07 Å². The van der Waals surface area contributed by atoms with Crippen molar-refractivity contribution in [2.45, 2.75) is 0 Å². The molecule has 0 spiro atoms. The first-order valence-corrected chi connectivity index (χ1v) is 8.57. The van der Waals surface area contributed by atoms with E-state index in [1.807, 2.05) is 0 Å². The first kappa shape index (κ1) is 18.4. The fourth-order valence-corrected chi connectivity index (χ4v) is 2.78. The summed E-state index contributed by atoms with van der Waals surface area (Å²) in [6.07, 6.45) is 1.60. The quantitative estimate of drug-likeness (QED) is 0.691. The average Bonchev–Trinajstić information content (AvgIpc) is 3.29. The number of fused-ring (bicyclic) bond motifs is 2. The summed E-state index contributed by atoms with van der Waals surface area (Å²) in [7, 11) is 0. The van der Waals surface area contributed by atoms with Crippen LogP contribution in [0.3, 0.4) is 0 Å². The highest BCUT2D eigenvalue weighted by Gasteiger charge is 2.28. The number of benzene rings is 2. The number of rotatable bonds is 6. The monoisotopic (exact) mass is 396 g/mol. The topological polar surface area (TPSA) is 123 Å². The van der Waals surface area contributed by atoms with E-state index in [0.717, 1.165) is 0 Å². The van der Waals surface area contributed by atoms with Crippen LogP contribution in [0.1, 0.15) is 15.9 Å². The Kier molecular flexibility index (Phi) is 4.78. The molecule has 9 heteroatoms. The third-order valence-electron chi connectivity index (χ3n) is 4.14. The van der Waals surface area contributed by atoms with Crippen molar-refractivity contribution < 1.29 is 38.4 Å². The van der Waals surface area contributed by atoms with Crippen LogP contribution in [-0.4, -0.2) is 37.6 Å². The van der Waals surface area contributed by atoms with Crippen LogP contribution < -0.4 is 29.4 Å². The van der Waals surface area contributed by atoms with Crippen molar-refractivity contribution >= 4 is 23.7 Å². The number of carbonyl (C=O) groups is 3. The molecule has 2 aliphatic rings. The fourth-order valence-electron chi connectivity index (χ4n) is 2.78. The molecule has 0 saturated heterocycles. The number of hydrogen-bond donors (Lipinski definition) is 1. The van der Waals surface area contributed by atoms with Gasteiger partial charge in [0.25, 0.3) is 5.91 Å². The van der Waals surface area contributed by atoms with Gasteiger partial charge in [-0.1, -0.05) is 6.07 Å². The first-order valence-electron chi connectivity index (χ1n) is 8.57. The van der Waals surface area contributed by atoms with Gasteiger partial charge >= 0.3 is 0 Å². The standard InChI is InChI=1S/C20H15NO8/c22-18(21-8-19(23)24)9-26-12-2-3-13-15(7-12)29-17(20(13)25)6-11-1-4-14-16(5-11)28-10-27-14/h1-7H,8-10H2,(H,21,22)(H,23,24)/p-1/b17-6-. The molecule has 2 aliphatic heterocycles. The molecule has 148 valence electrons. The Balaban J connectivity index is 1.44. The number of carboxylic acid groups (broad SMARTS) is 1. The van der Waals surface area contributed by atoms with Crippen LogP contribution in [0.4, 0.5) is 0 Å². The lowest BCUT2D eigenvalue weighted by atomic mass is 10.1. The molecule has 0 radical (unpaired) electrons. The molecule has 2 aromatic carbocycles. The Bertz CT molecular complexity index is 1040. The lowest BCUT2D eigenvalue weighted by molar-refractivity contribution is -0.304. The molecule has 0 bridgehead atoms. The van der Waals surface area contributed by atoms with Crippen molar-refractivity contribution in [1.82, 2.24) is 5.32 Å². The molecule has 0 aromatic heterocycles. The summed E-state index contributed by atoms with van der Waals surface area (Å²) in [6, 6.07) is 9.81. The van der Waals surface area contributed by atoms with E-state index in [4.69, 9.17) is 18.9 Å². The molecule has 0 saturated carbocycles. The molecule has 0 fully saturated rings. The molecule has 1 amide bonds. The number of hydrogen-bond acceptors (Lipinski definition) is 8. The van der Waals surface area contributed by atoms with Crippen LogP contribution in [0.25, 0.3) is 6.08 Å². The van der Waals surface area contributed by atoms with Gasteiger partial charge in [0.15, 0.2) is 23.9 Å². The third-order valence-corrected chi connectivity index (χ3v) is 4.14. The van der Waals surface area contributed by atoms with Crippen LogP contribution in [0, 0.1) is 0 Å². The average molecular weight is 396 g/mol. The van der Waals surface area contributed by atoms with Crippen LogP contribution in [0.5, 0.6) is 23.0 Å². The number of carbonyl (C=O) groups excluding carboxylic acids is 3. The van der Waals surface area contributed by atoms with Crippen LogP contribution in [0.15, 0.2) is 42.2 Å². The number of ether oxygens (including phenoxy) is 4. The van der Waals surface area contributed by atoms with Crippen molar-refractivity contribution in [3.63, 3.8) is 0 Å². The molecular formula is C20H14NO8-. The summed E-state index contributed by atoms with van der Waals surface area (Å²) in [4.78, 5) is 34.4. The van der Waals surface area contributed by atoms with Gasteiger partial charge in [-0.15, -0.1) is 0 Å². The Labute approximate surface area is 164 Å². The second kappa shape index (κ2) is 7.55. The van der Waals surface area contributed by atoms with Crippen LogP contribution in [0.2, 0.25) is 0 Å². The van der Waals surface area contributed by atoms with Gasteiger partial charge in [0.2, 0.25) is 12.6 Å². The predicted molar refractivity (Wildman–Crippen MR) is 95.5 cm³/mol. The smallest absolute Gasteiger partial charge is 0.258 e. The molecule has 9 nitrogen and oxygen atoms in total. The van der Waals surface area contributed by atoms with Gasteiger partial charge in [-0.25, -0.2) is 0 Å². The van der Waals surface area contributed by atoms with Gasteiger partial charge in [-0.3, -0.25) is 9.59 Å². The van der Waals surface area contributed by atoms with E-state index in [0.29, 0.717) is 34.1 Å². The fraction of sp³-hybridized carbons (Fsp3) is 0.150.